The van der Waals surface area contributed by atoms with E-state index in [4.69, 9.17) is 5.73 Å². The normalized spacial score (nSPS) is 9.61. The molecule has 0 spiro atoms. The molecule has 2 N–H and O–H groups in total. The quantitative estimate of drug-likeness (QED) is 0.671. The molecule has 0 aliphatic rings. The molecule has 0 saturated heterocycles. The van der Waals surface area contributed by atoms with Crippen LogP contribution in [0.5, 0.6) is 0 Å². The second-order valence-corrected chi connectivity index (χ2v) is 4.86. The number of hydrogen-bond donors (Lipinski definition) is 1. The van der Waals surface area contributed by atoms with Crippen molar-refractivity contribution in [2.45, 2.75) is 10.6 Å². The zero-order valence-electron chi connectivity index (χ0n) is 10.1. The van der Waals surface area contributed by atoms with Crippen LogP contribution >= 0.6 is 11.8 Å². The molecule has 0 aromatic heterocycles. The maximum Gasteiger partial charge on any atom is 0.0555 e. The van der Waals surface area contributed by atoms with E-state index in [1.807, 2.05) is 30.0 Å². The van der Waals surface area contributed by atoms with Crippen molar-refractivity contribution in [1.82, 2.24) is 0 Å². The van der Waals surface area contributed by atoms with Gasteiger partial charge in [-0.25, -0.2) is 0 Å². The van der Waals surface area contributed by atoms with Crippen LogP contribution in [0.2, 0.25) is 0 Å². The van der Waals surface area contributed by atoms with Gasteiger partial charge < -0.3 is 5.73 Å². The summed E-state index contributed by atoms with van der Waals surface area (Å²) in [4.78, 5) is 1.24. The molecule has 0 aliphatic carbocycles. The molecule has 0 radical (unpaired) electrons. The van der Waals surface area contributed by atoms with E-state index in [1.54, 1.807) is 0 Å². The smallest absolute Gasteiger partial charge is 0.0555 e. The van der Waals surface area contributed by atoms with Gasteiger partial charge in [-0.3, -0.25) is 0 Å². The number of thioether (sulfide) groups is 1. The maximum atomic E-state index is 5.37. The minimum absolute atomic E-state index is 0.404. The number of hydrogen-bond acceptors (Lipinski definition) is 2. The molecule has 0 heterocycles. The molecule has 2 rings (SSSR count). The number of nitrogens with two attached hydrogens (primary N) is 1. The highest BCUT2D eigenvalue weighted by atomic mass is 32.2. The lowest BCUT2D eigenvalue weighted by Gasteiger charge is -2.02. The topological polar surface area (TPSA) is 26.0 Å². The van der Waals surface area contributed by atoms with Crippen LogP contribution in [0.3, 0.4) is 0 Å². The zero-order valence-corrected chi connectivity index (χ0v) is 10.9. The average Bonchev–Trinajstić information content (AvgIpc) is 2.44. The highest BCUT2D eigenvalue weighted by Crippen LogP contribution is 2.23. The summed E-state index contributed by atoms with van der Waals surface area (Å²) in [5.74, 6) is 6.91. The van der Waals surface area contributed by atoms with Gasteiger partial charge in [0.2, 0.25) is 0 Å². The molecule has 18 heavy (non-hydrogen) atoms. The molecule has 0 atom stereocenters. The fourth-order valence-corrected chi connectivity index (χ4v) is 2.47. The summed E-state index contributed by atoms with van der Waals surface area (Å²) in [7, 11) is 0. The Kier molecular flexibility index (Phi) is 4.89. The van der Waals surface area contributed by atoms with Crippen LogP contribution in [-0.4, -0.2) is 6.54 Å². The Morgan fingerprint density at radius 1 is 1.00 bits per heavy atom. The van der Waals surface area contributed by atoms with Gasteiger partial charge in [0.1, 0.15) is 0 Å². The van der Waals surface area contributed by atoms with Gasteiger partial charge in [-0.1, -0.05) is 48.2 Å². The van der Waals surface area contributed by atoms with Crippen molar-refractivity contribution in [2.24, 2.45) is 5.73 Å². The predicted octanol–water partition coefficient (Wildman–Crippen LogP) is 3.29. The fourth-order valence-electron chi connectivity index (χ4n) is 1.56. The molecular weight excluding hydrogens is 238 g/mol. The van der Waals surface area contributed by atoms with Crippen molar-refractivity contribution in [1.29, 1.82) is 0 Å². The molecule has 2 aromatic rings. The van der Waals surface area contributed by atoms with Gasteiger partial charge in [-0.15, -0.1) is 11.8 Å². The summed E-state index contributed by atoms with van der Waals surface area (Å²) in [5.41, 5.74) is 7.73. The minimum atomic E-state index is 0.404. The van der Waals surface area contributed by atoms with E-state index in [-0.39, 0.29) is 0 Å². The molecule has 1 nitrogen and oxygen atoms in total. The van der Waals surface area contributed by atoms with Crippen LogP contribution in [0.15, 0.2) is 59.5 Å². The van der Waals surface area contributed by atoms with E-state index >= 15 is 0 Å². The van der Waals surface area contributed by atoms with Crippen molar-refractivity contribution >= 4 is 11.8 Å². The van der Waals surface area contributed by atoms with Crippen LogP contribution in [-0.2, 0) is 5.75 Å². The highest BCUT2D eigenvalue weighted by molar-refractivity contribution is 7.98. The zero-order chi connectivity index (χ0) is 12.6. The average molecular weight is 253 g/mol. The first-order valence-corrected chi connectivity index (χ1v) is 6.83. The molecule has 2 aromatic carbocycles. The number of rotatable bonds is 3. The first-order valence-electron chi connectivity index (χ1n) is 5.84. The second kappa shape index (κ2) is 6.90. The standard InChI is InChI=1S/C16H15NS/c17-11-5-9-14-8-4-10-16(12-14)18-13-15-6-2-1-3-7-15/h1-4,6-8,10,12H,11,13,17H2. The van der Waals surface area contributed by atoms with Crippen LogP contribution in [0, 0.1) is 11.8 Å². The Morgan fingerprint density at radius 3 is 2.61 bits per heavy atom. The fraction of sp³-hybridized carbons (Fsp3) is 0.125. The third kappa shape index (κ3) is 3.96. The van der Waals surface area contributed by atoms with Gasteiger partial charge in [0.05, 0.1) is 6.54 Å². The van der Waals surface area contributed by atoms with Gasteiger partial charge in [-0.05, 0) is 23.8 Å². The third-order valence-electron chi connectivity index (χ3n) is 2.42. The van der Waals surface area contributed by atoms with E-state index < -0.39 is 0 Å². The summed E-state index contributed by atoms with van der Waals surface area (Å²) in [6.07, 6.45) is 0. The van der Waals surface area contributed by atoms with Crippen LogP contribution in [0.25, 0.3) is 0 Å². The molecule has 0 unspecified atom stereocenters. The van der Waals surface area contributed by atoms with Gasteiger partial charge in [0.25, 0.3) is 0 Å². The Balaban J connectivity index is 2.01. The summed E-state index contributed by atoms with van der Waals surface area (Å²) in [5, 5.41) is 0. The van der Waals surface area contributed by atoms with E-state index in [9.17, 15) is 0 Å². The van der Waals surface area contributed by atoms with Crippen molar-refractivity contribution in [3.63, 3.8) is 0 Å². The summed E-state index contributed by atoms with van der Waals surface area (Å²) in [6.45, 7) is 0.404. The summed E-state index contributed by atoms with van der Waals surface area (Å²) < 4.78 is 0. The van der Waals surface area contributed by atoms with E-state index in [0.29, 0.717) is 6.54 Å². The lowest BCUT2D eigenvalue weighted by Crippen LogP contribution is -1.93. The molecule has 90 valence electrons. The molecule has 2 heteroatoms. The van der Waals surface area contributed by atoms with E-state index in [0.717, 1.165) is 11.3 Å². The minimum Gasteiger partial charge on any atom is -0.320 e. The lowest BCUT2D eigenvalue weighted by molar-refractivity contribution is 1.30. The Bertz CT molecular complexity index is 552. The molecule has 0 bridgehead atoms. The number of benzene rings is 2. The van der Waals surface area contributed by atoms with Crippen LogP contribution in [0.4, 0.5) is 0 Å². The van der Waals surface area contributed by atoms with E-state index in [2.05, 4.69) is 48.2 Å². The molecule has 0 saturated carbocycles. The summed E-state index contributed by atoms with van der Waals surface area (Å²) in [6, 6.07) is 18.7. The Morgan fingerprint density at radius 2 is 1.83 bits per heavy atom. The predicted molar refractivity (Wildman–Crippen MR) is 78.4 cm³/mol. The Labute approximate surface area is 112 Å². The van der Waals surface area contributed by atoms with Gasteiger partial charge >= 0.3 is 0 Å². The van der Waals surface area contributed by atoms with Crippen LogP contribution in [0.1, 0.15) is 11.1 Å². The first kappa shape index (κ1) is 12.8. The monoisotopic (exact) mass is 253 g/mol. The lowest BCUT2D eigenvalue weighted by atomic mass is 10.2. The van der Waals surface area contributed by atoms with Gasteiger partial charge in [0, 0.05) is 16.2 Å². The van der Waals surface area contributed by atoms with Crippen molar-refractivity contribution < 1.29 is 0 Å². The van der Waals surface area contributed by atoms with Gasteiger partial charge in [-0.2, -0.15) is 0 Å². The van der Waals surface area contributed by atoms with Crippen molar-refractivity contribution in [3.05, 3.63) is 65.7 Å². The molecule has 0 fully saturated rings. The molecular formula is C16H15NS. The van der Waals surface area contributed by atoms with Crippen LogP contribution < -0.4 is 5.73 Å². The SMILES string of the molecule is NCC#Cc1cccc(SCc2ccccc2)c1. The second-order valence-electron chi connectivity index (χ2n) is 3.81. The third-order valence-corrected chi connectivity index (χ3v) is 3.48. The molecule has 0 amide bonds. The van der Waals surface area contributed by atoms with E-state index in [1.165, 1.54) is 10.5 Å². The van der Waals surface area contributed by atoms with Gasteiger partial charge in [0.15, 0.2) is 0 Å². The molecule has 0 aliphatic heterocycles. The Hall–Kier alpha value is -1.69. The maximum absolute atomic E-state index is 5.37. The highest BCUT2D eigenvalue weighted by Gasteiger charge is 1.96. The summed E-state index contributed by atoms with van der Waals surface area (Å²) >= 11 is 1.82. The first-order chi connectivity index (χ1) is 8.88. The van der Waals surface area contributed by atoms with Crippen molar-refractivity contribution in [2.75, 3.05) is 6.54 Å². The van der Waals surface area contributed by atoms with Crippen molar-refractivity contribution in [3.8, 4) is 11.8 Å². The largest absolute Gasteiger partial charge is 0.320 e.